The maximum atomic E-state index is 11.1. The summed E-state index contributed by atoms with van der Waals surface area (Å²) >= 11 is 0. The Morgan fingerprint density at radius 2 is 2.37 bits per heavy atom. The van der Waals surface area contributed by atoms with Gasteiger partial charge in [-0.15, -0.1) is 5.10 Å². The zero-order chi connectivity index (χ0) is 13.7. The van der Waals surface area contributed by atoms with Crippen molar-refractivity contribution in [3.05, 3.63) is 36.2 Å². The van der Waals surface area contributed by atoms with E-state index in [0.29, 0.717) is 24.5 Å². The quantitative estimate of drug-likeness (QED) is 0.810. The molecule has 2 aromatic rings. The van der Waals surface area contributed by atoms with Crippen molar-refractivity contribution >= 4 is 11.7 Å². The molecule has 7 nitrogen and oxygen atoms in total. The maximum Gasteiger partial charge on any atom is 0.337 e. The highest BCUT2D eigenvalue weighted by molar-refractivity contribution is 5.94. The third-order valence-electron chi connectivity index (χ3n) is 2.59. The topological polar surface area (TPSA) is 89.3 Å². The fraction of sp³-hybridized carbons (Fsp3) is 0.250. The molecule has 0 fully saturated rings. The van der Waals surface area contributed by atoms with Crippen LogP contribution >= 0.6 is 0 Å². The molecule has 7 heteroatoms. The van der Waals surface area contributed by atoms with Crippen LogP contribution in [-0.4, -0.2) is 39.7 Å². The number of aromatic nitrogens is 3. The van der Waals surface area contributed by atoms with Crippen LogP contribution < -0.4 is 10.1 Å². The predicted molar refractivity (Wildman–Crippen MR) is 68.5 cm³/mol. The lowest BCUT2D eigenvalue weighted by atomic mass is 10.1. The van der Waals surface area contributed by atoms with E-state index in [1.54, 1.807) is 29.2 Å². The van der Waals surface area contributed by atoms with E-state index < -0.39 is 5.97 Å². The molecule has 0 atom stereocenters. The summed E-state index contributed by atoms with van der Waals surface area (Å²) in [5, 5.41) is 19.7. The highest BCUT2D eigenvalue weighted by atomic mass is 16.5. The van der Waals surface area contributed by atoms with Crippen LogP contribution in [0.1, 0.15) is 10.4 Å². The molecule has 0 aliphatic heterocycles. The molecule has 0 unspecified atom stereocenters. The summed E-state index contributed by atoms with van der Waals surface area (Å²) in [6.45, 7) is 1.13. The van der Waals surface area contributed by atoms with Gasteiger partial charge in [0, 0.05) is 18.8 Å². The number of benzene rings is 1. The van der Waals surface area contributed by atoms with Gasteiger partial charge in [-0.25, -0.2) is 4.79 Å². The molecular formula is C12H14N4O3. The van der Waals surface area contributed by atoms with E-state index in [2.05, 4.69) is 15.6 Å². The summed E-state index contributed by atoms with van der Waals surface area (Å²) in [5.74, 6) is -0.376. The molecule has 0 aliphatic rings. The number of aromatic carboxylic acids is 1. The smallest absolute Gasteiger partial charge is 0.337 e. The van der Waals surface area contributed by atoms with Crippen molar-refractivity contribution in [2.24, 2.45) is 0 Å². The number of rotatable bonds is 6. The van der Waals surface area contributed by atoms with Gasteiger partial charge in [0.05, 0.1) is 31.1 Å². The minimum absolute atomic E-state index is 0.208. The Kier molecular flexibility index (Phi) is 3.97. The Morgan fingerprint density at radius 3 is 3.00 bits per heavy atom. The van der Waals surface area contributed by atoms with E-state index in [1.165, 1.54) is 13.2 Å². The largest absolute Gasteiger partial charge is 0.497 e. The van der Waals surface area contributed by atoms with Crippen LogP contribution in [0.5, 0.6) is 5.75 Å². The molecule has 0 spiro atoms. The number of hydrogen-bond donors (Lipinski definition) is 2. The first-order chi connectivity index (χ1) is 9.20. The van der Waals surface area contributed by atoms with E-state index >= 15 is 0 Å². The van der Waals surface area contributed by atoms with E-state index in [4.69, 9.17) is 9.84 Å². The van der Waals surface area contributed by atoms with Crippen LogP contribution in [0.4, 0.5) is 5.69 Å². The molecular weight excluding hydrogens is 248 g/mol. The summed E-state index contributed by atoms with van der Waals surface area (Å²) in [4.78, 5) is 11.1. The van der Waals surface area contributed by atoms with E-state index in [1.807, 2.05) is 0 Å². The molecule has 0 radical (unpaired) electrons. The van der Waals surface area contributed by atoms with Gasteiger partial charge in [0.25, 0.3) is 0 Å². The second-order valence-electron chi connectivity index (χ2n) is 3.81. The highest BCUT2D eigenvalue weighted by Crippen LogP contribution is 2.22. The molecule has 0 saturated heterocycles. The summed E-state index contributed by atoms with van der Waals surface area (Å²) < 4.78 is 6.74. The number of nitrogens with zero attached hydrogens (tertiary/aromatic N) is 3. The number of ether oxygens (including phenoxy) is 1. The van der Waals surface area contributed by atoms with Crippen molar-refractivity contribution in [2.75, 3.05) is 19.0 Å². The van der Waals surface area contributed by atoms with Crippen LogP contribution in [0.3, 0.4) is 0 Å². The summed E-state index contributed by atoms with van der Waals surface area (Å²) in [6.07, 6.45) is 3.33. The number of carbonyl (C=O) groups is 1. The molecule has 100 valence electrons. The van der Waals surface area contributed by atoms with Gasteiger partial charge in [-0.2, -0.15) is 0 Å². The van der Waals surface area contributed by atoms with Crippen molar-refractivity contribution in [1.29, 1.82) is 0 Å². The highest BCUT2D eigenvalue weighted by Gasteiger charge is 2.10. The SMILES string of the molecule is COc1ccc(C(=O)O)c(NCCn2ccnn2)c1. The third kappa shape index (κ3) is 3.21. The third-order valence-corrected chi connectivity index (χ3v) is 2.59. The number of carboxylic acids is 1. The van der Waals surface area contributed by atoms with E-state index in [9.17, 15) is 4.79 Å². The fourth-order valence-corrected chi connectivity index (χ4v) is 1.64. The number of methoxy groups -OCH3 is 1. The number of anilines is 1. The first kappa shape index (κ1) is 12.9. The molecule has 1 heterocycles. The standard InChI is InChI=1S/C12H14N4O3/c1-19-9-2-3-10(12(17)18)11(8-9)13-4-6-16-7-5-14-15-16/h2-3,5,7-8,13H,4,6H2,1H3,(H,17,18). The molecule has 0 aliphatic carbocycles. The first-order valence-electron chi connectivity index (χ1n) is 5.70. The lowest BCUT2D eigenvalue weighted by molar-refractivity contribution is 0.0698. The molecule has 1 aromatic heterocycles. The van der Waals surface area contributed by atoms with Gasteiger partial charge >= 0.3 is 5.97 Å². The van der Waals surface area contributed by atoms with Crippen LogP contribution in [0, 0.1) is 0 Å². The van der Waals surface area contributed by atoms with Gasteiger partial charge < -0.3 is 15.2 Å². The minimum atomic E-state index is -0.981. The maximum absolute atomic E-state index is 11.1. The van der Waals surface area contributed by atoms with Gasteiger partial charge in [0.15, 0.2) is 0 Å². The molecule has 0 bridgehead atoms. The van der Waals surface area contributed by atoms with Crippen LogP contribution in [-0.2, 0) is 6.54 Å². The second kappa shape index (κ2) is 5.85. The zero-order valence-corrected chi connectivity index (χ0v) is 10.4. The van der Waals surface area contributed by atoms with Crippen molar-refractivity contribution < 1.29 is 14.6 Å². The van der Waals surface area contributed by atoms with Crippen LogP contribution in [0.25, 0.3) is 0 Å². The zero-order valence-electron chi connectivity index (χ0n) is 10.4. The van der Waals surface area contributed by atoms with Crippen LogP contribution in [0.2, 0.25) is 0 Å². The van der Waals surface area contributed by atoms with Crippen LogP contribution in [0.15, 0.2) is 30.6 Å². The molecule has 1 aromatic carbocycles. The summed E-state index contributed by atoms with van der Waals surface area (Å²) in [7, 11) is 1.54. The van der Waals surface area contributed by atoms with E-state index in [-0.39, 0.29) is 5.56 Å². The second-order valence-corrected chi connectivity index (χ2v) is 3.81. The predicted octanol–water partition coefficient (Wildman–Crippen LogP) is 1.10. The molecule has 0 saturated carbocycles. The monoisotopic (exact) mass is 262 g/mol. The normalized spacial score (nSPS) is 10.2. The number of carboxylic acid groups (broad SMARTS) is 1. The first-order valence-corrected chi connectivity index (χ1v) is 5.70. The van der Waals surface area contributed by atoms with Gasteiger partial charge in [-0.1, -0.05) is 5.21 Å². The Bertz CT molecular complexity index is 554. The number of nitrogens with one attached hydrogen (secondary N) is 1. The molecule has 2 rings (SSSR count). The van der Waals surface area contributed by atoms with Gasteiger partial charge in [0.1, 0.15) is 5.75 Å². The van der Waals surface area contributed by atoms with Crippen molar-refractivity contribution in [2.45, 2.75) is 6.54 Å². The lowest BCUT2D eigenvalue weighted by Crippen LogP contribution is -2.13. The lowest BCUT2D eigenvalue weighted by Gasteiger charge is -2.11. The summed E-state index contributed by atoms with van der Waals surface area (Å²) in [5.41, 5.74) is 0.728. The molecule has 2 N–H and O–H groups in total. The Hall–Kier alpha value is -2.57. The van der Waals surface area contributed by atoms with Gasteiger partial charge in [-0.3, -0.25) is 4.68 Å². The Labute approximate surface area is 109 Å². The molecule has 19 heavy (non-hydrogen) atoms. The van der Waals surface area contributed by atoms with E-state index in [0.717, 1.165) is 0 Å². The summed E-state index contributed by atoms with van der Waals surface area (Å²) in [6, 6.07) is 4.79. The van der Waals surface area contributed by atoms with Gasteiger partial charge in [0.2, 0.25) is 0 Å². The Balaban J connectivity index is 2.06. The van der Waals surface area contributed by atoms with Crippen molar-refractivity contribution in [1.82, 2.24) is 15.0 Å². The fourth-order valence-electron chi connectivity index (χ4n) is 1.64. The molecule has 0 amide bonds. The van der Waals surface area contributed by atoms with Crippen molar-refractivity contribution in [3.63, 3.8) is 0 Å². The minimum Gasteiger partial charge on any atom is -0.497 e. The average Bonchev–Trinajstić information content (AvgIpc) is 2.91. The van der Waals surface area contributed by atoms with Gasteiger partial charge in [-0.05, 0) is 12.1 Å². The average molecular weight is 262 g/mol. The number of hydrogen-bond acceptors (Lipinski definition) is 5. The van der Waals surface area contributed by atoms with Crippen molar-refractivity contribution in [3.8, 4) is 5.75 Å². The Morgan fingerprint density at radius 1 is 1.53 bits per heavy atom.